The van der Waals surface area contributed by atoms with Crippen LogP contribution in [0.15, 0.2) is 33.6 Å². The first-order valence-electron chi connectivity index (χ1n) is 8.14. The average Bonchev–Trinajstić information content (AvgIpc) is 3.10. The van der Waals surface area contributed by atoms with Crippen molar-refractivity contribution in [3.05, 3.63) is 28.7 Å². The second kappa shape index (κ2) is 7.51. The number of hydrogen-bond acceptors (Lipinski definition) is 4. The molecule has 0 radical (unpaired) electrons. The van der Waals surface area contributed by atoms with E-state index in [1.54, 1.807) is 24.3 Å². The van der Waals surface area contributed by atoms with Gasteiger partial charge < -0.3 is 10.1 Å². The van der Waals surface area contributed by atoms with Crippen LogP contribution in [0.5, 0.6) is 0 Å². The normalized spacial score (nSPS) is 25.5. The lowest BCUT2D eigenvalue weighted by molar-refractivity contribution is -0.131. The Bertz CT molecular complexity index is 687. The molecule has 0 aliphatic carbocycles. The van der Waals surface area contributed by atoms with Gasteiger partial charge in [-0.05, 0) is 49.9 Å². The smallest absolute Gasteiger partial charge is 0.249 e. The lowest BCUT2D eigenvalue weighted by Crippen LogP contribution is -2.51. The van der Waals surface area contributed by atoms with Crippen molar-refractivity contribution < 1.29 is 17.9 Å². The third kappa shape index (κ3) is 3.99. The highest BCUT2D eigenvalue weighted by Crippen LogP contribution is 2.23. The zero-order chi connectivity index (χ0) is 17.2. The first kappa shape index (κ1) is 17.8. The number of ether oxygens (including phenoxy) is 1. The molecule has 2 fully saturated rings. The summed E-state index contributed by atoms with van der Waals surface area (Å²) >= 11 is 3.31. The van der Waals surface area contributed by atoms with Gasteiger partial charge in [-0.3, -0.25) is 4.79 Å². The van der Waals surface area contributed by atoms with E-state index in [4.69, 9.17) is 4.74 Å². The van der Waals surface area contributed by atoms with Crippen LogP contribution in [0.2, 0.25) is 0 Å². The summed E-state index contributed by atoms with van der Waals surface area (Å²) in [5.74, 6) is -0.125. The average molecular weight is 417 g/mol. The van der Waals surface area contributed by atoms with E-state index in [2.05, 4.69) is 21.2 Å². The van der Waals surface area contributed by atoms with Crippen LogP contribution in [0.1, 0.15) is 25.7 Å². The number of benzene rings is 1. The van der Waals surface area contributed by atoms with Crippen LogP contribution in [0.3, 0.4) is 0 Å². The van der Waals surface area contributed by atoms with E-state index in [1.165, 1.54) is 4.31 Å². The minimum absolute atomic E-state index is 0.125. The molecule has 6 nitrogen and oxygen atoms in total. The summed E-state index contributed by atoms with van der Waals surface area (Å²) in [7, 11) is -3.54. The second-order valence-corrected chi connectivity index (χ2v) is 9.02. The molecule has 2 unspecified atom stereocenters. The fraction of sp³-hybridized carbons (Fsp3) is 0.562. The summed E-state index contributed by atoms with van der Waals surface area (Å²) in [6, 6.07) is 6.45. The Morgan fingerprint density at radius 1 is 1.21 bits per heavy atom. The van der Waals surface area contributed by atoms with Crippen LogP contribution in [0.4, 0.5) is 0 Å². The summed E-state index contributed by atoms with van der Waals surface area (Å²) in [5, 5.41) is 2.95. The molecule has 0 spiro atoms. The standard InChI is InChI=1S/C16H21BrN2O4S/c17-12-5-7-14(8-6-12)24(21,22)19-9-1-3-13(11-19)18-16(20)15-4-2-10-23-15/h5-8,13,15H,1-4,9-11H2,(H,18,20). The Kier molecular flexibility index (Phi) is 5.59. The Hall–Kier alpha value is -0.960. The monoisotopic (exact) mass is 416 g/mol. The number of rotatable bonds is 4. The maximum absolute atomic E-state index is 12.8. The number of sulfonamides is 1. The third-order valence-electron chi connectivity index (χ3n) is 4.40. The number of amides is 1. The molecule has 0 saturated carbocycles. The highest BCUT2D eigenvalue weighted by molar-refractivity contribution is 9.10. The van der Waals surface area contributed by atoms with E-state index in [0.717, 1.165) is 30.2 Å². The quantitative estimate of drug-likeness (QED) is 0.812. The molecule has 0 bridgehead atoms. The molecule has 1 aromatic carbocycles. The van der Waals surface area contributed by atoms with Gasteiger partial charge in [0.2, 0.25) is 15.9 Å². The van der Waals surface area contributed by atoms with Crippen LogP contribution >= 0.6 is 15.9 Å². The van der Waals surface area contributed by atoms with Crippen LogP contribution in [-0.4, -0.2) is 50.5 Å². The van der Waals surface area contributed by atoms with Crippen LogP contribution in [0, 0.1) is 0 Å². The Labute approximate surface area is 150 Å². The molecule has 0 aromatic heterocycles. The predicted octanol–water partition coefficient (Wildman–Crippen LogP) is 1.90. The molecule has 2 aliphatic heterocycles. The number of halogens is 1. The third-order valence-corrected chi connectivity index (χ3v) is 6.81. The van der Waals surface area contributed by atoms with Crippen molar-refractivity contribution in [2.45, 2.75) is 42.7 Å². The van der Waals surface area contributed by atoms with E-state index in [1.807, 2.05) is 0 Å². The maximum Gasteiger partial charge on any atom is 0.249 e. The minimum Gasteiger partial charge on any atom is -0.368 e. The molecule has 1 amide bonds. The number of piperidine rings is 1. The highest BCUT2D eigenvalue weighted by atomic mass is 79.9. The maximum atomic E-state index is 12.8. The zero-order valence-corrected chi connectivity index (χ0v) is 15.7. The lowest BCUT2D eigenvalue weighted by atomic mass is 10.1. The summed E-state index contributed by atoms with van der Waals surface area (Å²) in [6.07, 6.45) is 2.76. The van der Waals surface area contributed by atoms with Crippen molar-refractivity contribution in [1.29, 1.82) is 0 Å². The lowest BCUT2D eigenvalue weighted by Gasteiger charge is -2.32. The fourth-order valence-electron chi connectivity index (χ4n) is 3.11. The van der Waals surface area contributed by atoms with E-state index >= 15 is 0 Å². The molecule has 132 valence electrons. The fourth-order valence-corrected chi connectivity index (χ4v) is 4.90. The van der Waals surface area contributed by atoms with Gasteiger partial charge in [-0.2, -0.15) is 4.31 Å². The molecule has 1 aromatic rings. The Morgan fingerprint density at radius 3 is 2.62 bits per heavy atom. The first-order valence-corrected chi connectivity index (χ1v) is 10.4. The molecular weight excluding hydrogens is 396 g/mol. The van der Waals surface area contributed by atoms with Crippen molar-refractivity contribution in [1.82, 2.24) is 9.62 Å². The summed E-state index contributed by atoms with van der Waals surface area (Å²) < 4.78 is 33.2. The molecule has 2 saturated heterocycles. The van der Waals surface area contributed by atoms with Crippen LogP contribution in [0.25, 0.3) is 0 Å². The SMILES string of the molecule is O=C(NC1CCCN(S(=O)(=O)c2ccc(Br)cc2)C1)C1CCCO1. The van der Waals surface area contributed by atoms with E-state index in [9.17, 15) is 13.2 Å². The number of nitrogens with one attached hydrogen (secondary N) is 1. The number of nitrogens with zero attached hydrogens (tertiary/aromatic N) is 1. The minimum atomic E-state index is -3.54. The predicted molar refractivity (Wildman–Crippen MR) is 93.0 cm³/mol. The first-order chi connectivity index (χ1) is 11.5. The summed E-state index contributed by atoms with van der Waals surface area (Å²) in [6.45, 7) is 1.40. The van der Waals surface area contributed by atoms with Gasteiger partial charge in [-0.25, -0.2) is 8.42 Å². The Balaban J connectivity index is 1.66. The van der Waals surface area contributed by atoms with Gasteiger partial charge in [0.05, 0.1) is 4.90 Å². The van der Waals surface area contributed by atoms with Gasteiger partial charge in [0, 0.05) is 30.2 Å². The van der Waals surface area contributed by atoms with E-state index in [0.29, 0.717) is 19.7 Å². The molecular formula is C16H21BrN2O4S. The van der Waals surface area contributed by atoms with Crippen LogP contribution in [-0.2, 0) is 19.6 Å². The highest BCUT2D eigenvalue weighted by Gasteiger charge is 2.32. The summed E-state index contributed by atoms with van der Waals surface area (Å²) in [5.41, 5.74) is 0. The molecule has 2 heterocycles. The Morgan fingerprint density at radius 2 is 1.96 bits per heavy atom. The van der Waals surface area contributed by atoms with Crippen molar-refractivity contribution in [2.75, 3.05) is 19.7 Å². The van der Waals surface area contributed by atoms with Gasteiger partial charge in [0.1, 0.15) is 6.10 Å². The number of carbonyl (C=O) groups excluding carboxylic acids is 1. The van der Waals surface area contributed by atoms with Crippen LogP contribution < -0.4 is 5.32 Å². The van der Waals surface area contributed by atoms with E-state index < -0.39 is 10.0 Å². The van der Waals surface area contributed by atoms with Crippen molar-refractivity contribution in [3.63, 3.8) is 0 Å². The molecule has 1 N–H and O–H groups in total. The largest absolute Gasteiger partial charge is 0.368 e. The summed E-state index contributed by atoms with van der Waals surface area (Å²) in [4.78, 5) is 12.4. The number of carbonyl (C=O) groups is 1. The van der Waals surface area contributed by atoms with Gasteiger partial charge in [0.15, 0.2) is 0 Å². The van der Waals surface area contributed by atoms with Gasteiger partial charge in [-0.15, -0.1) is 0 Å². The number of hydrogen-bond donors (Lipinski definition) is 1. The van der Waals surface area contributed by atoms with Crippen molar-refractivity contribution in [2.24, 2.45) is 0 Å². The molecule has 3 rings (SSSR count). The van der Waals surface area contributed by atoms with Crippen molar-refractivity contribution in [3.8, 4) is 0 Å². The second-order valence-electron chi connectivity index (χ2n) is 6.17. The topological polar surface area (TPSA) is 75.7 Å². The molecule has 2 aliphatic rings. The molecule has 24 heavy (non-hydrogen) atoms. The zero-order valence-electron chi connectivity index (χ0n) is 13.3. The molecule has 2 atom stereocenters. The molecule has 8 heteroatoms. The van der Waals surface area contributed by atoms with Gasteiger partial charge in [-0.1, -0.05) is 15.9 Å². The van der Waals surface area contributed by atoms with Gasteiger partial charge in [0.25, 0.3) is 0 Å². The van der Waals surface area contributed by atoms with E-state index in [-0.39, 0.29) is 22.9 Å². The van der Waals surface area contributed by atoms with Gasteiger partial charge >= 0.3 is 0 Å². The van der Waals surface area contributed by atoms with Crippen molar-refractivity contribution >= 4 is 31.9 Å².